The molecule has 2 aromatic rings. The molecule has 0 radical (unpaired) electrons. The summed E-state index contributed by atoms with van der Waals surface area (Å²) in [6, 6.07) is 6.36. The van der Waals surface area contributed by atoms with Gasteiger partial charge in [0.1, 0.15) is 11.7 Å². The van der Waals surface area contributed by atoms with Gasteiger partial charge in [0.25, 0.3) is 0 Å². The molecule has 0 bridgehead atoms. The highest BCUT2D eigenvalue weighted by Gasteiger charge is 2.23. The Balaban J connectivity index is 2.48. The van der Waals surface area contributed by atoms with Crippen molar-refractivity contribution in [1.29, 1.82) is 0 Å². The van der Waals surface area contributed by atoms with E-state index in [1.807, 2.05) is 6.92 Å². The molecule has 17 heavy (non-hydrogen) atoms. The number of hydrogen-bond acceptors (Lipinski definition) is 3. The van der Waals surface area contributed by atoms with E-state index >= 15 is 0 Å². The molecule has 0 saturated heterocycles. The van der Waals surface area contributed by atoms with Crippen molar-refractivity contribution in [1.82, 2.24) is 0 Å². The van der Waals surface area contributed by atoms with Gasteiger partial charge in [-0.3, -0.25) is 4.79 Å². The molecule has 1 aromatic carbocycles. The SMILES string of the molecule is CCC(C(=O)OC)c1cc2cccc(F)c2o1. The van der Waals surface area contributed by atoms with E-state index in [1.165, 1.54) is 13.2 Å². The number of carbonyl (C=O) groups is 1. The van der Waals surface area contributed by atoms with Crippen LogP contribution in [-0.4, -0.2) is 13.1 Å². The van der Waals surface area contributed by atoms with Crippen LogP contribution in [-0.2, 0) is 9.53 Å². The van der Waals surface area contributed by atoms with E-state index in [2.05, 4.69) is 0 Å². The predicted octanol–water partition coefficient (Wildman–Crippen LogP) is 3.24. The van der Waals surface area contributed by atoms with Crippen LogP contribution in [0.5, 0.6) is 0 Å². The minimum absolute atomic E-state index is 0.185. The third kappa shape index (κ3) is 2.02. The van der Waals surface area contributed by atoms with Crippen LogP contribution in [0.25, 0.3) is 11.0 Å². The fourth-order valence-electron chi connectivity index (χ4n) is 1.85. The lowest BCUT2D eigenvalue weighted by Crippen LogP contribution is -2.12. The first-order valence-electron chi connectivity index (χ1n) is 5.43. The zero-order valence-electron chi connectivity index (χ0n) is 9.70. The lowest BCUT2D eigenvalue weighted by Gasteiger charge is -2.08. The van der Waals surface area contributed by atoms with E-state index in [9.17, 15) is 9.18 Å². The topological polar surface area (TPSA) is 39.4 Å². The number of ether oxygens (including phenoxy) is 1. The van der Waals surface area contributed by atoms with Gasteiger partial charge in [-0.05, 0) is 18.6 Å². The highest BCUT2D eigenvalue weighted by molar-refractivity contribution is 5.82. The Morgan fingerprint density at radius 3 is 2.88 bits per heavy atom. The predicted molar refractivity (Wildman–Crippen MR) is 61.2 cm³/mol. The normalized spacial score (nSPS) is 12.6. The van der Waals surface area contributed by atoms with Gasteiger partial charge in [0.2, 0.25) is 0 Å². The van der Waals surface area contributed by atoms with Crippen molar-refractivity contribution in [2.75, 3.05) is 7.11 Å². The van der Waals surface area contributed by atoms with Gasteiger partial charge in [-0.2, -0.15) is 0 Å². The van der Waals surface area contributed by atoms with Crippen LogP contribution < -0.4 is 0 Å². The van der Waals surface area contributed by atoms with Crippen molar-refractivity contribution in [3.8, 4) is 0 Å². The first kappa shape index (κ1) is 11.6. The van der Waals surface area contributed by atoms with Gasteiger partial charge in [0, 0.05) is 5.39 Å². The first-order valence-corrected chi connectivity index (χ1v) is 5.43. The molecule has 3 nitrogen and oxygen atoms in total. The van der Waals surface area contributed by atoms with Crippen molar-refractivity contribution in [2.45, 2.75) is 19.3 Å². The molecule has 4 heteroatoms. The summed E-state index contributed by atoms with van der Waals surface area (Å²) >= 11 is 0. The Morgan fingerprint density at radius 1 is 1.53 bits per heavy atom. The average molecular weight is 236 g/mol. The molecule has 0 aliphatic heterocycles. The summed E-state index contributed by atoms with van der Waals surface area (Å²) in [5, 5.41) is 0.655. The molecule has 0 saturated carbocycles. The number of para-hydroxylation sites is 1. The fraction of sp³-hybridized carbons (Fsp3) is 0.308. The molecule has 0 aliphatic carbocycles. The van der Waals surface area contributed by atoms with E-state index in [0.29, 0.717) is 17.6 Å². The highest BCUT2D eigenvalue weighted by Crippen LogP contribution is 2.29. The number of hydrogen-bond donors (Lipinski definition) is 0. The summed E-state index contributed by atoms with van der Waals surface area (Å²) in [4.78, 5) is 11.5. The molecule has 0 fully saturated rings. The van der Waals surface area contributed by atoms with Crippen molar-refractivity contribution in [2.24, 2.45) is 0 Å². The maximum atomic E-state index is 13.4. The molecule has 0 spiro atoms. The minimum atomic E-state index is -0.480. The summed E-state index contributed by atoms with van der Waals surface area (Å²) in [6.07, 6.45) is 0.550. The largest absolute Gasteiger partial charge is 0.468 e. The Kier molecular flexibility index (Phi) is 3.13. The molecule has 1 heterocycles. The van der Waals surface area contributed by atoms with Crippen LogP contribution in [0.15, 0.2) is 28.7 Å². The van der Waals surface area contributed by atoms with Gasteiger partial charge >= 0.3 is 5.97 Å². The summed E-state index contributed by atoms with van der Waals surface area (Å²) in [7, 11) is 1.33. The van der Waals surface area contributed by atoms with Gasteiger partial charge in [0.05, 0.1) is 7.11 Å². The van der Waals surface area contributed by atoms with E-state index in [-0.39, 0.29) is 11.6 Å². The summed E-state index contributed by atoms with van der Waals surface area (Å²) < 4.78 is 23.5. The second-order valence-electron chi connectivity index (χ2n) is 3.79. The number of carbonyl (C=O) groups excluding carboxylic acids is 1. The molecular formula is C13H13FO3. The monoisotopic (exact) mass is 236 g/mol. The number of esters is 1. The standard InChI is InChI=1S/C13H13FO3/c1-3-9(13(15)16-2)11-7-8-5-4-6-10(14)12(8)17-11/h4-7,9H,3H2,1-2H3. The van der Waals surface area contributed by atoms with E-state index in [0.717, 1.165) is 0 Å². The van der Waals surface area contributed by atoms with Crippen LogP contribution in [0.1, 0.15) is 25.0 Å². The Labute approximate surface area is 98.2 Å². The van der Waals surface area contributed by atoms with Crippen molar-refractivity contribution < 1.29 is 18.3 Å². The smallest absolute Gasteiger partial charge is 0.316 e. The van der Waals surface area contributed by atoms with Crippen LogP contribution in [0.4, 0.5) is 4.39 Å². The number of rotatable bonds is 3. The molecule has 1 aromatic heterocycles. The zero-order valence-corrected chi connectivity index (χ0v) is 9.70. The minimum Gasteiger partial charge on any atom is -0.468 e. The molecule has 0 N–H and O–H groups in total. The van der Waals surface area contributed by atoms with Crippen molar-refractivity contribution in [3.63, 3.8) is 0 Å². The van der Waals surface area contributed by atoms with E-state index in [4.69, 9.17) is 9.15 Å². The lowest BCUT2D eigenvalue weighted by atomic mass is 10.0. The Morgan fingerprint density at radius 2 is 2.29 bits per heavy atom. The number of benzene rings is 1. The quantitative estimate of drug-likeness (QED) is 0.768. The molecule has 1 unspecified atom stereocenters. The van der Waals surface area contributed by atoms with Crippen LogP contribution in [0.3, 0.4) is 0 Å². The van der Waals surface area contributed by atoms with Crippen molar-refractivity contribution >= 4 is 16.9 Å². The maximum absolute atomic E-state index is 13.4. The third-order valence-electron chi connectivity index (χ3n) is 2.75. The molecule has 0 amide bonds. The first-order chi connectivity index (χ1) is 8.17. The lowest BCUT2D eigenvalue weighted by molar-refractivity contribution is -0.142. The van der Waals surface area contributed by atoms with E-state index in [1.54, 1.807) is 18.2 Å². The summed E-state index contributed by atoms with van der Waals surface area (Å²) in [5.41, 5.74) is 0.185. The fourth-order valence-corrected chi connectivity index (χ4v) is 1.85. The molecule has 90 valence electrons. The summed E-state index contributed by atoms with van der Waals surface area (Å²) in [6.45, 7) is 1.85. The zero-order chi connectivity index (χ0) is 12.4. The van der Waals surface area contributed by atoms with Gasteiger partial charge < -0.3 is 9.15 Å². The van der Waals surface area contributed by atoms with Gasteiger partial charge in [-0.1, -0.05) is 19.1 Å². The number of halogens is 1. The average Bonchev–Trinajstić information content (AvgIpc) is 2.75. The van der Waals surface area contributed by atoms with Gasteiger partial charge in [-0.15, -0.1) is 0 Å². The number of furan rings is 1. The second kappa shape index (κ2) is 4.57. The van der Waals surface area contributed by atoms with E-state index < -0.39 is 11.7 Å². The van der Waals surface area contributed by atoms with Crippen LogP contribution in [0.2, 0.25) is 0 Å². The molecule has 0 aliphatic rings. The maximum Gasteiger partial charge on any atom is 0.316 e. The number of methoxy groups -OCH3 is 1. The Hall–Kier alpha value is -1.84. The van der Waals surface area contributed by atoms with Gasteiger partial charge in [-0.25, -0.2) is 4.39 Å². The third-order valence-corrected chi connectivity index (χ3v) is 2.75. The number of fused-ring (bicyclic) bond motifs is 1. The van der Waals surface area contributed by atoms with Crippen LogP contribution in [0, 0.1) is 5.82 Å². The van der Waals surface area contributed by atoms with Crippen molar-refractivity contribution in [3.05, 3.63) is 35.8 Å². The molecule has 1 atom stereocenters. The molecular weight excluding hydrogens is 223 g/mol. The highest BCUT2D eigenvalue weighted by atomic mass is 19.1. The molecule has 2 rings (SSSR count). The van der Waals surface area contributed by atoms with Crippen LogP contribution >= 0.6 is 0 Å². The Bertz CT molecular complexity index is 545. The second-order valence-corrected chi connectivity index (χ2v) is 3.79. The summed E-state index contributed by atoms with van der Waals surface area (Å²) in [5.74, 6) is -0.827. The van der Waals surface area contributed by atoms with Gasteiger partial charge in [0.15, 0.2) is 11.4 Å².